The highest BCUT2D eigenvalue weighted by molar-refractivity contribution is 7.12. The molecule has 1 atom stereocenters. The van der Waals surface area contributed by atoms with Gasteiger partial charge < -0.3 is 0 Å². The summed E-state index contributed by atoms with van der Waals surface area (Å²) in [5, 5.41) is -0.630. The number of aryl methyl sites for hydroxylation is 1. The Morgan fingerprint density at radius 1 is 1.19 bits per heavy atom. The normalized spacial score (nSPS) is 12.8. The predicted molar refractivity (Wildman–Crippen MR) is 63.1 cm³/mol. The van der Waals surface area contributed by atoms with Crippen LogP contribution in [0.2, 0.25) is 0 Å². The minimum atomic E-state index is -0.630. The molecule has 0 spiro atoms. The van der Waals surface area contributed by atoms with Gasteiger partial charge in [0.05, 0.1) is 5.38 Å². The molecule has 0 aliphatic heterocycles. The lowest BCUT2D eigenvalue weighted by molar-refractivity contribution is 0.587. The monoisotopic (exact) mass is 258 g/mol. The van der Waals surface area contributed by atoms with Crippen LogP contribution in [-0.2, 0) is 0 Å². The van der Waals surface area contributed by atoms with E-state index in [0.717, 1.165) is 28.0 Å². The third kappa shape index (κ3) is 2.25. The number of benzene rings is 1. The third-order valence-corrected chi connectivity index (χ3v) is 3.91. The first-order chi connectivity index (χ1) is 7.58. The highest BCUT2D eigenvalue weighted by Crippen LogP contribution is 2.34. The molecule has 0 fully saturated rings. The number of thiophene rings is 1. The van der Waals surface area contributed by atoms with Crippen molar-refractivity contribution in [2.75, 3.05) is 0 Å². The van der Waals surface area contributed by atoms with E-state index in [0.29, 0.717) is 0 Å². The molecule has 0 nitrogen and oxygen atoms in total. The molecule has 1 unspecified atom stereocenters. The lowest BCUT2D eigenvalue weighted by Gasteiger charge is -2.08. The van der Waals surface area contributed by atoms with Crippen LogP contribution in [0.25, 0.3) is 0 Å². The van der Waals surface area contributed by atoms with Gasteiger partial charge in [-0.05, 0) is 37.3 Å². The molecular weight excluding hydrogens is 250 g/mol. The second-order valence-electron chi connectivity index (χ2n) is 3.48. The molecule has 0 bridgehead atoms. The van der Waals surface area contributed by atoms with E-state index >= 15 is 0 Å². The van der Waals surface area contributed by atoms with Gasteiger partial charge in [-0.25, -0.2) is 8.78 Å². The van der Waals surface area contributed by atoms with Crippen LogP contribution in [0.4, 0.5) is 8.78 Å². The molecule has 0 saturated carbocycles. The van der Waals surface area contributed by atoms with E-state index in [2.05, 4.69) is 0 Å². The van der Waals surface area contributed by atoms with E-state index in [9.17, 15) is 8.78 Å². The maximum Gasteiger partial charge on any atom is 0.128 e. The third-order valence-electron chi connectivity index (χ3n) is 2.24. The minimum absolute atomic E-state index is 0.184. The maximum absolute atomic E-state index is 13.5. The SMILES string of the molecule is Cc1ccc(C(Cl)c2cc(F)ccc2F)s1. The Morgan fingerprint density at radius 3 is 2.56 bits per heavy atom. The topological polar surface area (TPSA) is 0 Å². The summed E-state index contributed by atoms with van der Waals surface area (Å²) in [5.41, 5.74) is 0.184. The van der Waals surface area contributed by atoms with E-state index in [-0.39, 0.29) is 5.56 Å². The van der Waals surface area contributed by atoms with E-state index in [4.69, 9.17) is 11.6 Å². The van der Waals surface area contributed by atoms with Crippen molar-refractivity contribution in [2.24, 2.45) is 0 Å². The van der Waals surface area contributed by atoms with Crippen LogP contribution in [0.5, 0.6) is 0 Å². The Kier molecular flexibility index (Phi) is 3.26. The summed E-state index contributed by atoms with van der Waals surface area (Å²) < 4.78 is 26.5. The fourth-order valence-electron chi connectivity index (χ4n) is 1.45. The van der Waals surface area contributed by atoms with Crippen LogP contribution in [-0.4, -0.2) is 0 Å². The van der Waals surface area contributed by atoms with E-state index < -0.39 is 17.0 Å². The van der Waals surface area contributed by atoms with Crippen molar-refractivity contribution >= 4 is 22.9 Å². The molecule has 84 valence electrons. The molecule has 1 heterocycles. The van der Waals surface area contributed by atoms with Crippen molar-refractivity contribution in [3.05, 3.63) is 57.3 Å². The summed E-state index contributed by atoms with van der Waals surface area (Å²) in [4.78, 5) is 1.92. The zero-order valence-electron chi connectivity index (χ0n) is 8.51. The lowest BCUT2D eigenvalue weighted by Crippen LogP contribution is -1.95. The smallest absolute Gasteiger partial charge is 0.128 e. The Morgan fingerprint density at radius 2 is 1.94 bits per heavy atom. The number of hydrogen-bond acceptors (Lipinski definition) is 1. The van der Waals surface area contributed by atoms with Gasteiger partial charge in [0, 0.05) is 15.3 Å². The quantitative estimate of drug-likeness (QED) is 0.687. The van der Waals surface area contributed by atoms with Gasteiger partial charge in [0.2, 0.25) is 0 Å². The largest absolute Gasteiger partial charge is 0.207 e. The van der Waals surface area contributed by atoms with Gasteiger partial charge in [-0.1, -0.05) is 0 Å². The summed E-state index contributed by atoms with van der Waals surface area (Å²) in [6.07, 6.45) is 0. The number of rotatable bonds is 2. The van der Waals surface area contributed by atoms with Gasteiger partial charge in [-0.15, -0.1) is 22.9 Å². The van der Waals surface area contributed by atoms with Gasteiger partial charge in [0.15, 0.2) is 0 Å². The first kappa shape index (κ1) is 11.6. The molecule has 0 radical (unpaired) electrons. The minimum Gasteiger partial charge on any atom is -0.207 e. The lowest BCUT2D eigenvalue weighted by atomic mass is 10.1. The Balaban J connectivity index is 2.40. The van der Waals surface area contributed by atoms with Crippen molar-refractivity contribution in [2.45, 2.75) is 12.3 Å². The van der Waals surface area contributed by atoms with Crippen molar-refractivity contribution in [1.82, 2.24) is 0 Å². The fraction of sp³-hybridized carbons (Fsp3) is 0.167. The van der Waals surface area contributed by atoms with Gasteiger partial charge in [-0.2, -0.15) is 0 Å². The average molecular weight is 259 g/mol. The Hall–Kier alpha value is -0.930. The highest BCUT2D eigenvalue weighted by atomic mass is 35.5. The fourth-order valence-corrected chi connectivity index (χ4v) is 2.70. The first-order valence-electron chi connectivity index (χ1n) is 4.73. The zero-order chi connectivity index (χ0) is 11.7. The molecule has 2 rings (SSSR count). The van der Waals surface area contributed by atoms with Crippen molar-refractivity contribution in [3.8, 4) is 0 Å². The summed E-state index contributed by atoms with van der Waals surface area (Å²) in [6, 6.07) is 7.07. The molecule has 16 heavy (non-hydrogen) atoms. The molecule has 0 aliphatic rings. The van der Waals surface area contributed by atoms with Gasteiger partial charge in [0.25, 0.3) is 0 Å². The molecule has 0 aliphatic carbocycles. The predicted octanol–water partition coefficient (Wildman–Crippen LogP) is 4.66. The Labute approximate surface area is 101 Å². The molecule has 0 N–H and O–H groups in total. The average Bonchev–Trinajstić information content (AvgIpc) is 2.67. The van der Waals surface area contributed by atoms with E-state index in [1.165, 1.54) is 11.3 Å². The van der Waals surface area contributed by atoms with Crippen molar-refractivity contribution in [3.63, 3.8) is 0 Å². The molecule has 1 aromatic carbocycles. The van der Waals surface area contributed by atoms with Crippen LogP contribution < -0.4 is 0 Å². The van der Waals surface area contributed by atoms with Crippen molar-refractivity contribution in [1.29, 1.82) is 0 Å². The summed E-state index contributed by atoms with van der Waals surface area (Å²) >= 11 is 7.61. The molecule has 1 aromatic heterocycles. The second-order valence-corrected chi connectivity index (χ2v) is 5.23. The summed E-state index contributed by atoms with van der Waals surface area (Å²) in [5.74, 6) is -0.956. The molecule has 4 heteroatoms. The van der Waals surface area contributed by atoms with Crippen LogP contribution >= 0.6 is 22.9 Å². The van der Waals surface area contributed by atoms with Gasteiger partial charge in [-0.3, -0.25) is 0 Å². The molecule has 0 saturated heterocycles. The maximum atomic E-state index is 13.5. The first-order valence-corrected chi connectivity index (χ1v) is 5.98. The Bertz CT molecular complexity index is 507. The van der Waals surface area contributed by atoms with E-state index in [1.807, 2.05) is 19.1 Å². The van der Waals surface area contributed by atoms with Gasteiger partial charge >= 0.3 is 0 Å². The summed E-state index contributed by atoms with van der Waals surface area (Å²) in [7, 11) is 0. The standard InChI is InChI=1S/C12H9ClF2S/c1-7-2-5-11(16-7)12(13)9-6-8(14)3-4-10(9)15/h2-6,12H,1H3. The summed E-state index contributed by atoms with van der Waals surface area (Å²) in [6.45, 7) is 1.94. The second kappa shape index (κ2) is 4.52. The van der Waals surface area contributed by atoms with Crippen molar-refractivity contribution < 1.29 is 8.78 Å². The molecular formula is C12H9ClF2S. The highest BCUT2D eigenvalue weighted by Gasteiger charge is 2.17. The van der Waals surface area contributed by atoms with E-state index in [1.54, 1.807) is 0 Å². The molecule has 0 amide bonds. The van der Waals surface area contributed by atoms with Gasteiger partial charge in [0.1, 0.15) is 11.6 Å². The van der Waals surface area contributed by atoms with Crippen LogP contribution in [0, 0.1) is 18.6 Å². The number of halogens is 3. The number of hydrogen-bond donors (Lipinski definition) is 0. The van der Waals surface area contributed by atoms with Crippen LogP contribution in [0.15, 0.2) is 30.3 Å². The van der Waals surface area contributed by atoms with Crippen LogP contribution in [0.3, 0.4) is 0 Å². The zero-order valence-corrected chi connectivity index (χ0v) is 10.1. The molecule has 2 aromatic rings. The van der Waals surface area contributed by atoms with Crippen LogP contribution in [0.1, 0.15) is 20.7 Å². The number of alkyl halides is 1.